The normalized spacial score (nSPS) is 25.0. The molecule has 1 aromatic rings. The van der Waals surface area contributed by atoms with Crippen LogP contribution >= 0.6 is 0 Å². The van der Waals surface area contributed by atoms with Crippen molar-refractivity contribution in [3.05, 3.63) is 29.8 Å². The molecule has 0 spiro atoms. The third kappa shape index (κ3) is 2.76. The summed E-state index contributed by atoms with van der Waals surface area (Å²) in [5.74, 6) is 1.55. The average Bonchev–Trinajstić information content (AvgIpc) is 2.65. The second kappa shape index (κ2) is 4.88. The highest BCUT2D eigenvalue weighted by Crippen LogP contribution is 2.25. The molecule has 0 radical (unpaired) electrons. The Hall–Kier alpha value is -1.02. The predicted molar refractivity (Wildman–Crippen MR) is 66.8 cm³/mol. The maximum Gasteiger partial charge on any atom is 0.119 e. The van der Waals surface area contributed by atoms with E-state index < -0.39 is 0 Å². The van der Waals surface area contributed by atoms with Crippen LogP contribution in [-0.4, -0.2) is 12.1 Å². The van der Waals surface area contributed by atoms with Gasteiger partial charge >= 0.3 is 0 Å². The Labute approximate surface area is 97.8 Å². The van der Waals surface area contributed by atoms with Crippen LogP contribution in [0.2, 0.25) is 0 Å². The first-order valence-corrected chi connectivity index (χ1v) is 6.17. The standard InChI is InChI=1S/C14H21NO/c1-10(2)11-3-6-13(7-4-11)16-14-8-5-12(15)9-14/h3-4,6-7,10,12,14H,5,8-9,15H2,1-2H3. The minimum atomic E-state index is 0.319. The molecular formula is C14H21NO. The summed E-state index contributed by atoms with van der Waals surface area (Å²) in [5, 5.41) is 0. The molecule has 88 valence electrons. The van der Waals surface area contributed by atoms with Crippen LogP contribution in [0.15, 0.2) is 24.3 Å². The molecule has 0 amide bonds. The molecule has 1 aliphatic rings. The van der Waals surface area contributed by atoms with Crippen LogP contribution in [0.4, 0.5) is 0 Å². The highest BCUT2D eigenvalue weighted by Gasteiger charge is 2.22. The number of benzene rings is 1. The molecule has 1 fully saturated rings. The van der Waals surface area contributed by atoms with Gasteiger partial charge in [-0.25, -0.2) is 0 Å². The molecule has 2 atom stereocenters. The summed E-state index contributed by atoms with van der Waals surface area (Å²) in [7, 11) is 0. The SMILES string of the molecule is CC(C)c1ccc(OC2CCC(N)C2)cc1. The molecule has 0 heterocycles. The quantitative estimate of drug-likeness (QED) is 0.848. The minimum Gasteiger partial charge on any atom is -0.490 e. The van der Waals surface area contributed by atoms with Crippen LogP contribution in [0.25, 0.3) is 0 Å². The lowest BCUT2D eigenvalue weighted by atomic mass is 10.0. The second-order valence-corrected chi connectivity index (χ2v) is 5.04. The lowest BCUT2D eigenvalue weighted by molar-refractivity contribution is 0.208. The van der Waals surface area contributed by atoms with Crippen LogP contribution in [0.1, 0.15) is 44.6 Å². The number of hydrogen-bond donors (Lipinski definition) is 1. The maximum atomic E-state index is 5.90. The number of ether oxygens (including phenoxy) is 1. The highest BCUT2D eigenvalue weighted by atomic mass is 16.5. The first-order valence-electron chi connectivity index (χ1n) is 6.17. The van der Waals surface area contributed by atoms with E-state index in [9.17, 15) is 0 Å². The molecule has 0 aliphatic heterocycles. The van der Waals surface area contributed by atoms with Crippen molar-refractivity contribution in [3.8, 4) is 5.75 Å². The summed E-state index contributed by atoms with van der Waals surface area (Å²) in [4.78, 5) is 0. The lowest BCUT2D eigenvalue weighted by Crippen LogP contribution is -2.19. The van der Waals surface area contributed by atoms with Gasteiger partial charge in [-0.15, -0.1) is 0 Å². The highest BCUT2D eigenvalue weighted by molar-refractivity contribution is 5.29. The van der Waals surface area contributed by atoms with Gasteiger partial charge in [0, 0.05) is 6.04 Å². The lowest BCUT2D eigenvalue weighted by Gasteiger charge is -2.14. The Morgan fingerprint density at radius 1 is 1.19 bits per heavy atom. The summed E-state index contributed by atoms with van der Waals surface area (Å²) in [5.41, 5.74) is 7.22. The van der Waals surface area contributed by atoms with Crippen LogP contribution in [0, 0.1) is 0 Å². The maximum absolute atomic E-state index is 5.90. The van der Waals surface area contributed by atoms with E-state index in [1.807, 2.05) is 0 Å². The fourth-order valence-corrected chi connectivity index (χ4v) is 2.20. The molecule has 1 saturated carbocycles. The first kappa shape index (κ1) is 11.5. The van der Waals surface area contributed by atoms with Crippen molar-refractivity contribution in [3.63, 3.8) is 0 Å². The number of rotatable bonds is 3. The van der Waals surface area contributed by atoms with E-state index in [4.69, 9.17) is 10.5 Å². The van der Waals surface area contributed by atoms with Crippen molar-refractivity contribution < 1.29 is 4.74 Å². The van der Waals surface area contributed by atoms with E-state index >= 15 is 0 Å². The van der Waals surface area contributed by atoms with Crippen LogP contribution in [0.5, 0.6) is 5.75 Å². The fraction of sp³-hybridized carbons (Fsp3) is 0.571. The molecule has 1 aromatic carbocycles. The monoisotopic (exact) mass is 219 g/mol. The topological polar surface area (TPSA) is 35.2 Å². The Balaban J connectivity index is 1.95. The summed E-state index contributed by atoms with van der Waals surface area (Å²) in [6, 6.07) is 8.77. The molecule has 2 unspecified atom stereocenters. The van der Waals surface area contributed by atoms with E-state index in [1.54, 1.807) is 0 Å². The summed E-state index contributed by atoms with van der Waals surface area (Å²) >= 11 is 0. The molecule has 2 nitrogen and oxygen atoms in total. The predicted octanol–water partition coefficient (Wildman–Crippen LogP) is 3.07. The Morgan fingerprint density at radius 2 is 1.88 bits per heavy atom. The second-order valence-electron chi connectivity index (χ2n) is 5.04. The van der Waals surface area contributed by atoms with Gasteiger partial charge in [0.05, 0.1) is 0 Å². The van der Waals surface area contributed by atoms with Gasteiger partial charge in [0.1, 0.15) is 11.9 Å². The molecule has 16 heavy (non-hydrogen) atoms. The molecule has 1 aliphatic carbocycles. The van der Waals surface area contributed by atoms with Crippen LogP contribution < -0.4 is 10.5 Å². The number of hydrogen-bond acceptors (Lipinski definition) is 2. The third-order valence-electron chi connectivity index (χ3n) is 3.27. The third-order valence-corrected chi connectivity index (χ3v) is 3.27. The van der Waals surface area contributed by atoms with Gasteiger partial charge in [-0.2, -0.15) is 0 Å². The zero-order chi connectivity index (χ0) is 11.5. The first-order chi connectivity index (χ1) is 7.65. The van der Waals surface area contributed by atoms with E-state index in [0.717, 1.165) is 25.0 Å². The zero-order valence-corrected chi connectivity index (χ0v) is 10.1. The van der Waals surface area contributed by atoms with Crippen molar-refractivity contribution in [1.82, 2.24) is 0 Å². The van der Waals surface area contributed by atoms with Crippen molar-refractivity contribution in [2.75, 3.05) is 0 Å². The summed E-state index contributed by atoms with van der Waals surface area (Å²) < 4.78 is 5.90. The largest absolute Gasteiger partial charge is 0.490 e. The summed E-state index contributed by atoms with van der Waals surface area (Å²) in [6.07, 6.45) is 3.49. The molecular weight excluding hydrogens is 198 g/mol. The molecule has 2 rings (SSSR count). The molecule has 0 saturated heterocycles. The van der Waals surface area contributed by atoms with E-state index in [1.165, 1.54) is 5.56 Å². The van der Waals surface area contributed by atoms with E-state index in [-0.39, 0.29) is 0 Å². The Morgan fingerprint density at radius 3 is 2.38 bits per heavy atom. The van der Waals surface area contributed by atoms with Gasteiger partial charge in [0.2, 0.25) is 0 Å². The van der Waals surface area contributed by atoms with Crippen molar-refractivity contribution >= 4 is 0 Å². The van der Waals surface area contributed by atoms with E-state index in [2.05, 4.69) is 38.1 Å². The molecule has 0 aromatic heterocycles. The Bertz CT molecular complexity index is 331. The van der Waals surface area contributed by atoms with Gasteiger partial charge in [-0.05, 0) is 42.9 Å². The summed E-state index contributed by atoms with van der Waals surface area (Å²) in [6.45, 7) is 4.40. The van der Waals surface area contributed by atoms with Crippen LogP contribution in [-0.2, 0) is 0 Å². The minimum absolute atomic E-state index is 0.319. The van der Waals surface area contributed by atoms with Gasteiger partial charge in [0.25, 0.3) is 0 Å². The molecule has 0 bridgehead atoms. The van der Waals surface area contributed by atoms with Gasteiger partial charge in [-0.3, -0.25) is 0 Å². The molecule has 2 heteroatoms. The zero-order valence-electron chi connectivity index (χ0n) is 10.1. The smallest absolute Gasteiger partial charge is 0.119 e. The van der Waals surface area contributed by atoms with Crippen molar-refractivity contribution in [2.24, 2.45) is 5.73 Å². The fourth-order valence-electron chi connectivity index (χ4n) is 2.20. The van der Waals surface area contributed by atoms with E-state index in [0.29, 0.717) is 18.1 Å². The number of nitrogens with two attached hydrogens (primary N) is 1. The van der Waals surface area contributed by atoms with Crippen molar-refractivity contribution in [1.29, 1.82) is 0 Å². The van der Waals surface area contributed by atoms with Crippen molar-refractivity contribution in [2.45, 2.75) is 51.2 Å². The Kier molecular flexibility index (Phi) is 3.49. The molecule has 2 N–H and O–H groups in total. The van der Waals surface area contributed by atoms with Crippen LogP contribution in [0.3, 0.4) is 0 Å². The van der Waals surface area contributed by atoms with Gasteiger partial charge in [0.15, 0.2) is 0 Å². The van der Waals surface area contributed by atoms with Gasteiger partial charge in [-0.1, -0.05) is 26.0 Å². The average molecular weight is 219 g/mol. The van der Waals surface area contributed by atoms with Gasteiger partial charge < -0.3 is 10.5 Å².